The van der Waals surface area contributed by atoms with Crippen molar-refractivity contribution in [2.45, 2.75) is 32.3 Å². The Morgan fingerprint density at radius 3 is 2.37 bits per heavy atom. The lowest BCUT2D eigenvalue weighted by molar-refractivity contribution is -0.134. The van der Waals surface area contributed by atoms with E-state index in [2.05, 4.69) is 10.8 Å². The van der Waals surface area contributed by atoms with Crippen molar-refractivity contribution in [3.8, 4) is 5.75 Å². The summed E-state index contributed by atoms with van der Waals surface area (Å²) in [5.41, 5.74) is 4.06. The topological polar surface area (TPSA) is 76.7 Å². The molecule has 0 radical (unpaired) electrons. The molecular weight excluding hydrogens is 344 g/mol. The summed E-state index contributed by atoms with van der Waals surface area (Å²) in [4.78, 5) is 28.9. The number of unbranched alkanes of at least 4 members (excludes halogenated alkanes) is 2. The molecule has 0 fully saturated rings. The maximum Gasteiger partial charge on any atom is 0.251 e. The van der Waals surface area contributed by atoms with Gasteiger partial charge in [-0.25, -0.2) is 5.48 Å². The highest BCUT2D eigenvalue weighted by molar-refractivity contribution is 5.94. The summed E-state index contributed by atoms with van der Waals surface area (Å²) in [5.74, 6) is 0.482. The Bertz CT molecular complexity index is 702. The summed E-state index contributed by atoms with van der Waals surface area (Å²) in [6.45, 7) is 0.932. The lowest BCUT2D eigenvalue weighted by Crippen LogP contribution is -2.25. The van der Waals surface area contributed by atoms with Crippen LogP contribution in [0.4, 0.5) is 0 Å². The molecule has 0 aliphatic carbocycles. The number of nitrogens with one attached hydrogen (secondary N) is 2. The van der Waals surface area contributed by atoms with E-state index in [1.165, 1.54) is 0 Å². The van der Waals surface area contributed by atoms with Gasteiger partial charge >= 0.3 is 0 Å². The molecule has 2 amide bonds. The van der Waals surface area contributed by atoms with Crippen molar-refractivity contribution in [1.29, 1.82) is 0 Å². The van der Waals surface area contributed by atoms with Crippen LogP contribution in [0.1, 0.15) is 41.6 Å². The minimum absolute atomic E-state index is 0.107. The van der Waals surface area contributed by atoms with Crippen molar-refractivity contribution in [1.82, 2.24) is 10.8 Å². The van der Waals surface area contributed by atoms with Gasteiger partial charge in [-0.15, -0.1) is 0 Å². The highest BCUT2D eigenvalue weighted by Gasteiger charge is 2.05. The molecule has 0 aliphatic rings. The first-order valence-electron chi connectivity index (χ1n) is 9.06. The molecule has 0 aromatic heterocycles. The van der Waals surface area contributed by atoms with E-state index in [9.17, 15) is 9.59 Å². The Balaban J connectivity index is 1.50. The zero-order valence-corrected chi connectivity index (χ0v) is 15.6. The average molecular weight is 370 g/mol. The summed E-state index contributed by atoms with van der Waals surface area (Å²) >= 11 is 0. The van der Waals surface area contributed by atoms with Crippen LogP contribution in [0.15, 0.2) is 54.6 Å². The zero-order valence-electron chi connectivity index (χ0n) is 15.6. The first-order valence-corrected chi connectivity index (χ1v) is 9.06. The monoisotopic (exact) mass is 370 g/mol. The second-order valence-electron chi connectivity index (χ2n) is 6.09. The summed E-state index contributed by atoms with van der Waals surface area (Å²) in [5, 5.41) is 2.87. The van der Waals surface area contributed by atoms with Crippen molar-refractivity contribution >= 4 is 11.8 Å². The van der Waals surface area contributed by atoms with Gasteiger partial charge in [0.15, 0.2) is 0 Å². The molecule has 0 unspecified atom stereocenters. The van der Waals surface area contributed by atoms with E-state index in [1.54, 1.807) is 31.4 Å². The number of methoxy groups -OCH3 is 1. The van der Waals surface area contributed by atoms with Gasteiger partial charge in [-0.2, -0.15) is 0 Å². The predicted octanol–water partition coefficient (Wildman–Crippen LogP) is 3.23. The van der Waals surface area contributed by atoms with Gasteiger partial charge in [-0.3, -0.25) is 14.4 Å². The van der Waals surface area contributed by atoms with Crippen LogP contribution < -0.4 is 15.5 Å². The van der Waals surface area contributed by atoms with Crippen molar-refractivity contribution in [2.24, 2.45) is 0 Å². The lowest BCUT2D eigenvalue weighted by Gasteiger charge is -2.07. The molecule has 144 valence electrons. The third-order valence-electron chi connectivity index (χ3n) is 3.99. The maximum atomic E-state index is 12.0. The molecule has 0 saturated carbocycles. The maximum absolute atomic E-state index is 12.0. The zero-order chi connectivity index (χ0) is 19.3. The fraction of sp³-hybridized carbons (Fsp3) is 0.333. The van der Waals surface area contributed by atoms with E-state index in [4.69, 9.17) is 9.57 Å². The van der Waals surface area contributed by atoms with E-state index in [1.807, 2.05) is 30.3 Å². The average Bonchev–Trinajstić information content (AvgIpc) is 2.71. The summed E-state index contributed by atoms with van der Waals surface area (Å²) in [6, 6.07) is 16.6. The van der Waals surface area contributed by atoms with Crippen molar-refractivity contribution in [2.75, 3.05) is 13.7 Å². The Morgan fingerprint density at radius 1 is 0.926 bits per heavy atom. The van der Waals surface area contributed by atoms with Crippen LogP contribution in [-0.2, 0) is 16.2 Å². The highest BCUT2D eigenvalue weighted by Crippen LogP contribution is 2.11. The van der Waals surface area contributed by atoms with Crippen molar-refractivity contribution < 1.29 is 19.2 Å². The van der Waals surface area contributed by atoms with Gasteiger partial charge in [0.25, 0.3) is 5.91 Å². The largest absolute Gasteiger partial charge is 0.497 e. The van der Waals surface area contributed by atoms with Crippen LogP contribution >= 0.6 is 0 Å². The summed E-state index contributed by atoms with van der Waals surface area (Å²) < 4.78 is 5.07. The smallest absolute Gasteiger partial charge is 0.251 e. The minimum Gasteiger partial charge on any atom is -0.497 e. The van der Waals surface area contributed by atoms with Crippen LogP contribution in [0.25, 0.3) is 0 Å². The van der Waals surface area contributed by atoms with E-state index in [0.717, 1.165) is 30.6 Å². The molecule has 2 aromatic carbocycles. The molecule has 0 bridgehead atoms. The molecule has 0 saturated heterocycles. The molecule has 0 spiro atoms. The number of amides is 2. The quantitative estimate of drug-likeness (QED) is 0.470. The normalized spacial score (nSPS) is 10.3. The van der Waals surface area contributed by atoms with E-state index in [0.29, 0.717) is 25.1 Å². The third kappa shape index (κ3) is 7.92. The van der Waals surface area contributed by atoms with Gasteiger partial charge in [0.1, 0.15) is 5.75 Å². The van der Waals surface area contributed by atoms with Crippen LogP contribution in [0.3, 0.4) is 0 Å². The van der Waals surface area contributed by atoms with Gasteiger partial charge in [0.05, 0.1) is 13.7 Å². The molecule has 6 nitrogen and oxygen atoms in total. The van der Waals surface area contributed by atoms with Crippen LogP contribution in [0, 0.1) is 0 Å². The van der Waals surface area contributed by atoms with Gasteiger partial charge in [0.2, 0.25) is 5.91 Å². The number of rotatable bonds is 11. The molecule has 6 heteroatoms. The van der Waals surface area contributed by atoms with Crippen LogP contribution in [-0.4, -0.2) is 25.5 Å². The molecule has 0 heterocycles. The lowest BCUT2D eigenvalue weighted by atomic mass is 10.1. The number of carbonyl (C=O) groups excluding carboxylic acids is 2. The first-order chi connectivity index (χ1) is 13.2. The number of hydrogen-bond donors (Lipinski definition) is 2. The molecule has 2 rings (SSSR count). The molecule has 0 aliphatic heterocycles. The van der Waals surface area contributed by atoms with Crippen LogP contribution in [0.2, 0.25) is 0 Å². The first kappa shape index (κ1) is 20.5. The molecule has 0 atom stereocenters. The fourth-order valence-electron chi connectivity index (χ4n) is 2.46. The van der Waals surface area contributed by atoms with Crippen molar-refractivity contribution in [3.63, 3.8) is 0 Å². The van der Waals surface area contributed by atoms with Crippen molar-refractivity contribution in [3.05, 3.63) is 65.7 Å². The molecule has 2 N–H and O–H groups in total. The second-order valence-corrected chi connectivity index (χ2v) is 6.09. The molecular formula is C21H26N2O4. The minimum atomic E-state index is -0.131. The number of carbonyl (C=O) groups is 2. The Kier molecular flexibility index (Phi) is 8.86. The summed E-state index contributed by atoms with van der Waals surface area (Å²) in [6.07, 6.45) is 2.83. The van der Waals surface area contributed by atoms with E-state index >= 15 is 0 Å². The van der Waals surface area contributed by atoms with Gasteiger partial charge < -0.3 is 10.1 Å². The highest BCUT2D eigenvalue weighted by atomic mass is 16.6. The SMILES string of the molecule is COc1ccc(C(=O)NCCCCCC(=O)NOCc2ccccc2)cc1. The second kappa shape index (κ2) is 11.7. The number of hydroxylamine groups is 1. The van der Waals surface area contributed by atoms with Crippen LogP contribution in [0.5, 0.6) is 5.75 Å². The number of benzene rings is 2. The predicted molar refractivity (Wildman–Crippen MR) is 103 cm³/mol. The van der Waals surface area contributed by atoms with E-state index in [-0.39, 0.29) is 11.8 Å². The standard InChI is InChI=1S/C21H26N2O4/c1-26-19-13-11-18(12-14-19)21(25)22-15-7-3-6-10-20(24)23-27-16-17-8-4-2-5-9-17/h2,4-5,8-9,11-14H,3,6-7,10,15-16H2,1H3,(H,22,25)(H,23,24). The number of ether oxygens (including phenoxy) is 1. The molecule has 2 aromatic rings. The van der Waals surface area contributed by atoms with Gasteiger partial charge in [-0.05, 0) is 42.7 Å². The third-order valence-corrected chi connectivity index (χ3v) is 3.99. The molecule has 27 heavy (non-hydrogen) atoms. The van der Waals surface area contributed by atoms with Gasteiger partial charge in [-0.1, -0.05) is 36.8 Å². The van der Waals surface area contributed by atoms with E-state index < -0.39 is 0 Å². The Labute approximate surface area is 159 Å². The van der Waals surface area contributed by atoms with Gasteiger partial charge in [0, 0.05) is 18.5 Å². The summed E-state index contributed by atoms with van der Waals surface area (Å²) in [7, 11) is 1.59. The Hall–Kier alpha value is -2.86. The fourth-order valence-corrected chi connectivity index (χ4v) is 2.46. The number of hydrogen-bond acceptors (Lipinski definition) is 4. The Morgan fingerprint density at radius 2 is 1.67 bits per heavy atom.